The van der Waals surface area contributed by atoms with Gasteiger partial charge in [-0.3, -0.25) is 0 Å². The molecule has 6 heteroatoms. The first kappa shape index (κ1) is 22.2. The minimum atomic E-state index is 0.509. The summed E-state index contributed by atoms with van der Waals surface area (Å²) >= 11 is 6.25. The number of hydrogen-bond acceptors (Lipinski definition) is 5. The molecule has 0 spiro atoms. The highest BCUT2D eigenvalue weighted by atomic mass is 35.5. The molecule has 0 bridgehead atoms. The van der Waals surface area contributed by atoms with E-state index in [0.717, 1.165) is 36.0 Å². The Kier molecular flexibility index (Phi) is 8.49. The van der Waals surface area contributed by atoms with Gasteiger partial charge in [-0.2, -0.15) is 0 Å². The second-order valence-electron chi connectivity index (χ2n) is 8.58. The molecule has 1 aromatic rings. The molecule has 1 aromatic carbocycles. The van der Waals surface area contributed by atoms with E-state index in [2.05, 4.69) is 10.1 Å². The van der Waals surface area contributed by atoms with E-state index in [-0.39, 0.29) is 0 Å². The van der Waals surface area contributed by atoms with E-state index < -0.39 is 0 Å². The zero-order valence-electron chi connectivity index (χ0n) is 18.0. The lowest BCUT2D eigenvalue weighted by molar-refractivity contribution is 0.143. The molecule has 1 heterocycles. The van der Waals surface area contributed by atoms with Crippen LogP contribution < -0.4 is 10.5 Å². The van der Waals surface area contributed by atoms with Crippen LogP contribution in [0.4, 0.5) is 5.69 Å². The topological polar surface area (TPSA) is 60.1 Å². The number of methoxy groups -OCH3 is 1. The van der Waals surface area contributed by atoms with Crippen molar-refractivity contribution in [2.24, 2.45) is 17.0 Å². The van der Waals surface area contributed by atoms with Crippen LogP contribution in [0.25, 0.3) is 0 Å². The molecule has 0 radical (unpaired) electrons. The van der Waals surface area contributed by atoms with Gasteiger partial charge in [0.05, 0.1) is 23.5 Å². The first-order valence-corrected chi connectivity index (χ1v) is 11.4. The van der Waals surface area contributed by atoms with Gasteiger partial charge in [0, 0.05) is 18.2 Å². The summed E-state index contributed by atoms with van der Waals surface area (Å²) in [6.45, 7) is 3.77. The monoisotopic (exact) mass is 421 g/mol. The average Bonchev–Trinajstić information content (AvgIpc) is 2.74. The second-order valence-corrected chi connectivity index (χ2v) is 8.99. The summed E-state index contributed by atoms with van der Waals surface area (Å²) < 4.78 is 5.50. The fraction of sp³-hybridized carbons (Fsp3) is 0.696. The molecule has 162 valence electrons. The van der Waals surface area contributed by atoms with Gasteiger partial charge >= 0.3 is 0 Å². The molecular weight excluding hydrogens is 386 g/mol. The van der Waals surface area contributed by atoms with Crippen LogP contribution in [0.2, 0.25) is 5.02 Å². The Morgan fingerprint density at radius 3 is 2.48 bits per heavy atom. The Hall–Kier alpha value is -1.46. The molecule has 3 rings (SSSR count). The predicted molar refractivity (Wildman–Crippen MR) is 121 cm³/mol. The van der Waals surface area contributed by atoms with Crippen LogP contribution in [-0.4, -0.2) is 44.5 Å². The van der Waals surface area contributed by atoms with Crippen molar-refractivity contribution in [2.45, 2.75) is 57.8 Å². The molecule has 0 atom stereocenters. The average molecular weight is 422 g/mol. The smallest absolute Gasteiger partial charge is 0.130 e. The lowest BCUT2D eigenvalue weighted by Crippen LogP contribution is -2.37. The number of nitrogens with two attached hydrogens (primary N) is 1. The Bertz CT molecular complexity index is 681. The normalized spacial score (nSPS) is 20.0. The van der Waals surface area contributed by atoms with Crippen molar-refractivity contribution in [1.82, 2.24) is 4.90 Å². The molecule has 1 aliphatic heterocycles. The van der Waals surface area contributed by atoms with Gasteiger partial charge in [0.2, 0.25) is 0 Å². The number of nitrogen functional groups attached to an aromatic ring is 1. The van der Waals surface area contributed by atoms with Gasteiger partial charge in [-0.1, -0.05) is 36.0 Å². The highest BCUT2D eigenvalue weighted by molar-refractivity contribution is 6.33. The molecule has 2 N–H and O–H groups in total. The van der Waals surface area contributed by atoms with Gasteiger partial charge < -0.3 is 20.2 Å². The maximum Gasteiger partial charge on any atom is 0.130 e. The summed E-state index contributed by atoms with van der Waals surface area (Å²) in [5.74, 6) is 2.35. The Morgan fingerprint density at radius 1 is 1.10 bits per heavy atom. The van der Waals surface area contributed by atoms with Crippen molar-refractivity contribution >= 4 is 23.0 Å². The van der Waals surface area contributed by atoms with Gasteiger partial charge in [-0.05, 0) is 69.5 Å². The molecule has 1 aliphatic carbocycles. The molecule has 2 aliphatic rings. The largest absolute Gasteiger partial charge is 0.496 e. The predicted octanol–water partition coefficient (Wildman–Crippen LogP) is 5.35. The summed E-state index contributed by atoms with van der Waals surface area (Å²) in [5.41, 5.74) is 8.17. The minimum absolute atomic E-state index is 0.509. The molecule has 2 fully saturated rings. The van der Waals surface area contributed by atoms with E-state index in [9.17, 15) is 0 Å². The standard InChI is InChI=1S/C23H36ClN3O2/c1-28-23-15-21(25)20(24)14-19(23)22(26-29-2)9-8-17-10-12-27(13-11-17)16-18-6-4-3-5-7-18/h14-15,17-18H,3-13,16,25H2,1-2H3/b26-22+. The third-order valence-corrected chi connectivity index (χ3v) is 6.90. The molecule has 5 nitrogen and oxygen atoms in total. The highest BCUT2D eigenvalue weighted by Crippen LogP contribution is 2.32. The number of anilines is 1. The van der Waals surface area contributed by atoms with Crippen molar-refractivity contribution in [3.05, 3.63) is 22.7 Å². The Labute approximate surface area is 180 Å². The number of ether oxygens (including phenoxy) is 1. The van der Waals surface area contributed by atoms with Crippen molar-refractivity contribution in [3.8, 4) is 5.75 Å². The van der Waals surface area contributed by atoms with Gasteiger partial charge in [0.15, 0.2) is 0 Å². The number of hydrogen-bond donors (Lipinski definition) is 1. The van der Waals surface area contributed by atoms with Crippen LogP contribution in [-0.2, 0) is 4.84 Å². The zero-order valence-corrected chi connectivity index (χ0v) is 18.7. The van der Waals surface area contributed by atoms with Gasteiger partial charge in [0.1, 0.15) is 12.9 Å². The quantitative estimate of drug-likeness (QED) is 0.349. The third-order valence-electron chi connectivity index (χ3n) is 6.57. The Balaban J connectivity index is 1.53. The van der Waals surface area contributed by atoms with E-state index in [1.165, 1.54) is 64.6 Å². The number of benzene rings is 1. The van der Waals surface area contributed by atoms with Gasteiger partial charge in [-0.15, -0.1) is 0 Å². The Morgan fingerprint density at radius 2 is 1.83 bits per heavy atom. The van der Waals surface area contributed by atoms with Crippen LogP contribution >= 0.6 is 11.6 Å². The number of piperidine rings is 1. The number of likely N-dealkylation sites (tertiary alicyclic amines) is 1. The van der Waals surface area contributed by atoms with E-state index in [4.69, 9.17) is 26.9 Å². The molecule has 1 saturated carbocycles. The fourth-order valence-electron chi connectivity index (χ4n) is 4.84. The van der Waals surface area contributed by atoms with E-state index >= 15 is 0 Å². The molecular formula is C23H36ClN3O2. The number of rotatable bonds is 8. The molecule has 0 amide bonds. The van der Waals surface area contributed by atoms with Crippen molar-refractivity contribution < 1.29 is 9.57 Å². The third kappa shape index (κ3) is 6.26. The summed E-state index contributed by atoms with van der Waals surface area (Å²) in [4.78, 5) is 7.81. The zero-order chi connectivity index (χ0) is 20.6. The van der Waals surface area contributed by atoms with Crippen LogP contribution in [0.1, 0.15) is 63.4 Å². The maximum absolute atomic E-state index is 6.25. The summed E-state index contributed by atoms with van der Waals surface area (Å²) in [7, 11) is 3.22. The SMILES string of the molecule is CO/N=C(\CCC1CCN(CC2CCCCC2)CC1)c1cc(Cl)c(N)cc1OC. The number of nitrogens with zero attached hydrogens (tertiary/aromatic N) is 2. The summed E-state index contributed by atoms with van der Waals surface area (Å²) in [6, 6.07) is 3.59. The molecule has 1 saturated heterocycles. The second kappa shape index (κ2) is 11.1. The molecule has 0 aromatic heterocycles. The maximum atomic E-state index is 6.25. The first-order valence-electron chi connectivity index (χ1n) is 11.1. The summed E-state index contributed by atoms with van der Waals surface area (Å²) in [6.07, 6.45) is 11.7. The van der Waals surface area contributed by atoms with Crippen LogP contribution in [0.3, 0.4) is 0 Å². The minimum Gasteiger partial charge on any atom is -0.496 e. The number of halogens is 1. The van der Waals surface area contributed by atoms with Crippen molar-refractivity contribution in [3.63, 3.8) is 0 Å². The van der Waals surface area contributed by atoms with Crippen LogP contribution in [0.15, 0.2) is 17.3 Å². The molecule has 0 unspecified atom stereocenters. The van der Waals surface area contributed by atoms with Crippen LogP contribution in [0.5, 0.6) is 5.75 Å². The number of oxime groups is 1. The van der Waals surface area contributed by atoms with E-state index in [1.54, 1.807) is 20.3 Å². The lowest BCUT2D eigenvalue weighted by Gasteiger charge is -2.35. The highest BCUT2D eigenvalue weighted by Gasteiger charge is 2.24. The van der Waals surface area contributed by atoms with Gasteiger partial charge in [0.25, 0.3) is 0 Å². The van der Waals surface area contributed by atoms with Crippen molar-refractivity contribution in [1.29, 1.82) is 0 Å². The molecule has 29 heavy (non-hydrogen) atoms. The lowest BCUT2D eigenvalue weighted by atomic mass is 9.86. The van der Waals surface area contributed by atoms with Crippen molar-refractivity contribution in [2.75, 3.05) is 39.6 Å². The first-order chi connectivity index (χ1) is 14.1. The van der Waals surface area contributed by atoms with Crippen LogP contribution in [0, 0.1) is 11.8 Å². The summed E-state index contributed by atoms with van der Waals surface area (Å²) in [5, 5.41) is 4.79. The van der Waals surface area contributed by atoms with E-state index in [1.807, 2.05) is 6.07 Å². The fourth-order valence-corrected chi connectivity index (χ4v) is 5.00. The van der Waals surface area contributed by atoms with E-state index in [0.29, 0.717) is 16.5 Å². The van der Waals surface area contributed by atoms with Gasteiger partial charge in [-0.25, -0.2) is 0 Å².